The van der Waals surface area contributed by atoms with Gasteiger partial charge in [-0.05, 0) is 30.2 Å². The molecule has 3 nitrogen and oxygen atoms in total. The highest BCUT2D eigenvalue weighted by Crippen LogP contribution is 2.72. The van der Waals surface area contributed by atoms with Crippen LogP contribution < -0.4 is 5.32 Å². The van der Waals surface area contributed by atoms with Crippen LogP contribution in [-0.2, 0) is 16.0 Å². The standard InChI is InChI=1S/C19H24BrNO2/c1-17(2)18(3)10-11-19(17,14(20)15(18)22)16(23)21-12-9-13-7-5-4-6-8-13/h4-8,14H,9-12H2,1-3H3,(H,21,23)/t14-,18+,19-/m0/s1. The van der Waals surface area contributed by atoms with Gasteiger partial charge in [-0.2, -0.15) is 0 Å². The number of alkyl halides is 1. The van der Waals surface area contributed by atoms with E-state index in [2.05, 4.69) is 47.2 Å². The fourth-order valence-corrected chi connectivity index (χ4v) is 6.09. The lowest BCUT2D eigenvalue weighted by atomic mass is 9.64. The molecule has 0 radical (unpaired) electrons. The first-order chi connectivity index (χ1) is 10.8. The maximum Gasteiger partial charge on any atom is 0.228 e. The molecule has 23 heavy (non-hydrogen) atoms. The van der Waals surface area contributed by atoms with E-state index in [-0.39, 0.29) is 21.9 Å². The molecule has 0 aliphatic heterocycles. The third-order valence-corrected chi connectivity index (χ3v) is 7.87. The zero-order valence-electron chi connectivity index (χ0n) is 14.0. The highest BCUT2D eigenvalue weighted by atomic mass is 79.9. The predicted octanol–water partition coefficient (Wildman–Crippen LogP) is 3.50. The molecule has 2 aliphatic rings. The molecule has 2 aliphatic carbocycles. The average molecular weight is 378 g/mol. The fraction of sp³-hybridized carbons (Fsp3) is 0.579. The van der Waals surface area contributed by atoms with Crippen LogP contribution in [-0.4, -0.2) is 23.1 Å². The number of rotatable bonds is 4. The van der Waals surface area contributed by atoms with Crippen molar-refractivity contribution in [2.75, 3.05) is 6.54 Å². The Bertz CT molecular complexity index is 642. The largest absolute Gasteiger partial charge is 0.355 e. The summed E-state index contributed by atoms with van der Waals surface area (Å²) >= 11 is 3.56. The van der Waals surface area contributed by atoms with Gasteiger partial charge in [-0.3, -0.25) is 9.59 Å². The van der Waals surface area contributed by atoms with Crippen molar-refractivity contribution in [1.82, 2.24) is 5.32 Å². The Labute approximate surface area is 146 Å². The van der Waals surface area contributed by atoms with Gasteiger partial charge in [0.25, 0.3) is 0 Å². The summed E-state index contributed by atoms with van der Waals surface area (Å²) in [5, 5.41) is 3.09. The second kappa shape index (κ2) is 5.44. The number of benzene rings is 1. The third kappa shape index (κ3) is 2.07. The third-order valence-electron chi connectivity index (χ3n) is 6.67. The topological polar surface area (TPSA) is 46.2 Å². The molecule has 0 unspecified atom stereocenters. The first-order valence-corrected chi connectivity index (χ1v) is 9.19. The SMILES string of the molecule is CC1(C)[C@]2(C)CC[C@@]1(C(=O)NCCc1ccccc1)[C@@H](Br)C2=O. The molecule has 124 valence electrons. The van der Waals surface area contributed by atoms with Gasteiger partial charge in [-0.15, -0.1) is 0 Å². The molecule has 0 aromatic heterocycles. The minimum Gasteiger partial charge on any atom is -0.355 e. The summed E-state index contributed by atoms with van der Waals surface area (Å²) in [5.74, 6) is 0.210. The van der Waals surface area contributed by atoms with E-state index in [0.717, 1.165) is 19.3 Å². The Hall–Kier alpha value is -1.16. The Morgan fingerprint density at radius 1 is 1.22 bits per heavy atom. The van der Waals surface area contributed by atoms with Gasteiger partial charge in [0.15, 0.2) is 5.78 Å². The Kier molecular flexibility index (Phi) is 3.95. The summed E-state index contributed by atoms with van der Waals surface area (Å²) in [5.41, 5.74) is -0.158. The minimum absolute atomic E-state index is 0.0230. The lowest BCUT2D eigenvalue weighted by molar-refractivity contribution is -0.135. The van der Waals surface area contributed by atoms with Crippen LogP contribution in [0.4, 0.5) is 0 Å². The van der Waals surface area contributed by atoms with E-state index in [9.17, 15) is 9.59 Å². The maximum atomic E-state index is 13.0. The van der Waals surface area contributed by atoms with Crippen molar-refractivity contribution in [3.8, 4) is 0 Å². The van der Waals surface area contributed by atoms with Crippen LogP contribution in [0.15, 0.2) is 30.3 Å². The molecule has 2 fully saturated rings. The van der Waals surface area contributed by atoms with E-state index >= 15 is 0 Å². The van der Waals surface area contributed by atoms with Crippen LogP contribution in [0, 0.1) is 16.2 Å². The van der Waals surface area contributed by atoms with E-state index in [1.165, 1.54) is 5.56 Å². The highest BCUT2D eigenvalue weighted by Gasteiger charge is 2.76. The minimum atomic E-state index is -0.629. The van der Waals surface area contributed by atoms with Gasteiger partial charge in [-0.25, -0.2) is 0 Å². The quantitative estimate of drug-likeness (QED) is 0.816. The highest BCUT2D eigenvalue weighted by molar-refractivity contribution is 9.10. The lowest BCUT2D eigenvalue weighted by Crippen LogP contribution is -2.51. The Morgan fingerprint density at radius 3 is 2.43 bits per heavy atom. The summed E-state index contributed by atoms with van der Waals surface area (Å²) in [6.07, 6.45) is 2.38. The second-order valence-electron chi connectivity index (χ2n) is 7.65. The van der Waals surface area contributed by atoms with Gasteiger partial charge in [0.05, 0.1) is 10.2 Å². The zero-order valence-corrected chi connectivity index (χ0v) is 15.6. The number of hydrogen-bond acceptors (Lipinski definition) is 2. The van der Waals surface area contributed by atoms with Crippen LogP contribution >= 0.6 is 15.9 Å². The number of Topliss-reactive ketones (excluding diaryl/α,β-unsaturated/α-hetero) is 1. The summed E-state index contributed by atoms with van der Waals surface area (Å²) in [4.78, 5) is 25.3. The molecule has 1 aromatic rings. The van der Waals surface area contributed by atoms with Crippen LogP contribution in [0.1, 0.15) is 39.2 Å². The summed E-state index contributed by atoms with van der Waals surface area (Å²) in [6.45, 7) is 6.78. The average Bonchev–Trinajstić information content (AvgIpc) is 2.80. The summed E-state index contributed by atoms with van der Waals surface area (Å²) < 4.78 is 0. The molecule has 1 amide bonds. The number of carbonyl (C=O) groups excluding carboxylic acids is 2. The summed E-state index contributed by atoms with van der Waals surface area (Å²) in [6, 6.07) is 10.1. The maximum absolute atomic E-state index is 13.0. The van der Waals surface area contributed by atoms with Crippen molar-refractivity contribution in [2.45, 2.75) is 44.9 Å². The first kappa shape index (κ1) is 16.7. The van der Waals surface area contributed by atoms with Crippen molar-refractivity contribution >= 4 is 27.6 Å². The molecular weight excluding hydrogens is 354 g/mol. The molecule has 4 heteroatoms. The summed E-state index contributed by atoms with van der Waals surface area (Å²) in [7, 11) is 0. The van der Waals surface area contributed by atoms with Crippen molar-refractivity contribution < 1.29 is 9.59 Å². The van der Waals surface area contributed by atoms with Crippen molar-refractivity contribution in [2.24, 2.45) is 16.2 Å². The van der Waals surface area contributed by atoms with Crippen molar-refractivity contribution in [1.29, 1.82) is 0 Å². The number of halogens is 1. The fourth-order valence-electron chi connectivity index (χ4n) is 4.58. The molecule has 0 heterocycles. The Morgan fingerprint density at radius 2 is 1.87 bits per heavy atom. The van der Waals surface area contributed by atoms with Gasteiger partial charge in [-0.1, -0.05) is 67.0 Å². The number of hydrogen-bond donors (Lipinski definition) is 1. The van der Waals surface area contributed by atoms with Gasteiger partial charge in [0.2, 0.25) is 5.91 Å². The van der Waals surface area contributed by atoms with E-state index in [1.54, 1.807) is 0 Å². The molecule has 0 spiro atoms. The van der Waals surface area contributed by atoms with Gasteiger partial charge < -0.3 is 5.32 Å². The molecule has 3 atom stereocenters. The van der Waals surface area contributed by atoms with E-state index in [1.807, 2.05) is 25.1 Å². The molecule has 2 saturated carbocycles. The van der Waals surface area contributed by atoms with Gasteiger partial charge in [0.1, 0.15) is 0 Å². The van der Waals surface area contributed by atoms with Crippen LogP contribution in [0.5, 0.6) is 0 Å². The van der Waals surface area contributed by atoms with Gasteiger partial charge in [0, 0.05) is 12.0 Å². The van der Waals surface area contributed by atoms with Crippen molar-refractivity contribution in [3.05, 3.63) is 35.9 Å². The van der Waals surface area contributed by atoms with Crippen LogP contribution in [0.25, 0.3) is 0 Å². The molecular formula is C19H24BrNO2. The molecule has 2 bridgehead atoms. The molecule has 1 N–H and O–H groups in total. The normalized spacial score (nSPS) is 34.6. The zero-order chi connectivity index (χ0) is 16.9. The molecule has 1 aromatic carbocycles. The van der Waals surface area contributed by atoms with Crippen LogP contribution in [0.3, 0.4) is 0 Å². The van der Waals surface area contributed by atoms with E-state index in [4.69, 9.17) is 0 Å². The first-order valence-electron chi connectivity index (χ1n) is 8.28. The number of nitrogens with one attached hydrogen (secondary N) is 1. The monoisotopic (exact) mass is 377 g/mol. The number of carbonyl (C=O) groups is 2. The number of amides is 1. The lowest BCUT2D eigenvalue weighted by Gasteiger charge is -2.39. The smallest absolute Gasteiger partial charge is 0.228 e. The van der Waals surface area contributed by atoms with Crippen molar-refractivity contribution in [3.63, 3.8) is 0 Å². The second-order valence-corrected chi connectivity index (χ2v) is 8.56. The van der Waals surface area contributed by atoms with Gasteiger partial charge >= 0.3 is 0 Å². The van der Waals surface area contributed by atoms with E-state index < -0.39 is 10.8 Å². The number of ketones is 1. The van der Waals surface area contributed by atoms with Crippen LogP contribution in [0.2, 0.25) is 0 Å². The van der Waals surface area contributed by atoms with E-state index in [0.29, 0.717) is 6.54 Å². The Balaban J connectivity index is 1.75. The molecule has 0 saturated heterocycles. The predicted molar refractivity (Wildman–Crippen MR) is 94.4 cm³/mol. The number of fused-ring (bicyclic) bond motifs is 2. The molecule has 3 rings (SSSR count).